The highest BCUT2D eigenvalue weighted by molar-refractivity contribution is 7.99. The quantitative estimate of drug-likeness (QED) is 0.614. The monoisotopic (exact) mass is 225 g/mol. The summed E-state index contributed by atoms with van der Waals surface area (Å²) >= 11 is 1.82. The number of nitrogen functional groups attached to an aromatic ring is 1. The summed E-state index contributed by atoms with van der Waals surface area (Å²) in [6.45, 7) is 6.20. The lowest BCUT2D eigenvalue weighted by molar-refractivity contribution is 0.242. The fraction of sp³-hybridized carbons (Fsp3) is 0.500. The van der Waals surface area contributed by atoms with E-state index in [2.05, 4.69) is 13.0 Å². The third-order valence-corrected chi connectivity index (χ3v) is 2.93. The first kappa shape index (κ1) is 12.2. The predicted octanol–water partition coefficient (Wildman–Crippen LogP) is 3.56. The molecule has 0 heterocycles. The molecule has 0 radical (unpaired) electrons. The van der Waals surface area contributed by atoms with Crippen LogP contribution in [-0.4, -0.2) is 11.9 Å². The summed E-state index contributed by atoms with van der Waals surface area (Å²) in [5, 5.41) is 0. The van der Waals surface area contributed by atoms with Gasteiger partial charge < -0.3 is 10.5 Å². The molecule has 0 aliphatic heterocycles. The molecule has 0 bridgehead atoms. The van der Waals surface area contributed by atoms with E-state index in [1.54, 1.807) is 0 Å². The lowest BCUT2D eigenvalue weighted by atomic mass is 10.3. The molecule has 1 aromatic rings. The zero-order chi connectivity index (χ0) is 11.3. The van der Waals surface area contributed by atoms with Crippen molar-refractivity contribution in [2.24, 2.45) is 0 Å². The normalized spacial score (nSPS) is 10.7. The number of rotatable bonds is 5. The number of thioether (sulfide) groups is 1. The Labute approximate surface area is 96.2 Å². The summed E-state index contributed by atoms with van der Waals surface area (Å²) in [6.07, 6.45) is 1.36. The van der Waals surface area contributed by atoms with E-state index in [0.717, 1.165) is 17.2 Å². The lowest BCUT2D eigenvalue weighted by Crippen LogP contribution is -2.05. The van der Waals surface area contributed by atoms with E-state index in [9.17, 15) is 0 Å². The Morgan fingerprint density at radius 3 is 2.67 bits per heavy atom. The van der Waals surface area contributed by atoms with Crippen molar-refractivity contribution in [2.75, 3.05) is 11.5 Å². The van der Waals surface area contributed by atoms with Gasteiger partial charge in [-0.1, -0.05) is 6.92 Å². The summed E-state index contributed by atoms with van der Waals surface area (Å²) in [6, 6.07) is 5.92. The molecular weight excluding hydrogens is 206 g/mol. The van der Waals surface area contributed by atoms with Gasteiger partial charge in [0.25, 0.3) is 0 Å². The van der Waals surface area contributed by atoms with Crippen molar-refractivity contribution in [3.8, 4) is 5.75 Å². The fourth-order valence-corrected chi connectivity index (χ4v) is 2.10. The number of nitrogens with two attached hydrogens (primary N) is 1. The van der Waals surface area contributed by atoms with Crippen LogP contribution in [-0.2, 0) is 0 Å². The molecule has 0 aliphatic rings. The van der Waals surface area contributed by atoms with E-state index in [0.29, 0.717) is 0 Å². The average molecular weight is 225 g/mol. The number of hydrogen-bond donors (Lipinski definition) is 1. The zero-order valence-corrected chi connectivity index (χ0v) is 10.4. The van der Waals surface area contributed by atoms with Gasteiger partial charge in [-0.05, 0) is 38.2 Å². The SMILES string of the molecule is CCCSc1cc(N)cc(OC(C)C)c1. The smallest absolute Gasteiger partial charge is 0.122 e. The summed E-state index contributed by atoms with van der Waals surface area (Å²) in [7, 11) is 0. The fourth-order valence-electron chi connectivity index (χ4n) is 1.24. The number of benzene rings is 1. The zero-order valence-electron chi connectivity index (χ0n) is 9.62. The van der Waals surface area contributed by atoms with Crippen LogP contribution in [0.5, 0.6) is 5.75 Å². The number of hydrogen-bond acceptors (Lipinski definition) is 3. The van der Waals surface area contributed by atoms with Gasteiger partial charge in [0.1, 0.15) is 5.75 Å². The topological polar surface area (TPSA) is 35.2 Å². The minimum Gasteiger partial charge on any atom is -0.491 e. The second-order valence-corrected chi connectivity index (χ2v) is 4.92. The van der Waals surface area contributed by atoms with Gasteiger partial charge in [-0.25, -0.2) is 0 Å². The second kappa shape index (κ2) is 5.91. The van der Waals surface area contributed by atoms with Gasteiger partial charge in [-0.15, -0.1) is 11.8 Å². The molecule has 0 saturated heterocycles. The Balaban J connectivity index is 2.75. The molecule has 0 saturated carbocycles. The van der Waals surface area contributed by atoms with Gasteiger partial charge in [0.05, 0.1) is 6.10 Å². The van der Waals surface area contributed by atoms with Gasteiger partial charge >= 0.3 is 0 Å². The van der Waals surface area contributed by atoms with Crippen LogP contribution >= 0.6 is 11.8 Å². The van der Waals surface area contributed by atoms with E-state index in [1.165, 1.54) is 11.3 Å². The van der Waals surface area contributed by atoms with Crippen molar-refractivity contribution >= 4 is 17.4 Å². The van der Waals surface area contributed by atoms with Crippen LogP contribution in [0.3, 0.4) is 0 Å². The maximum Gasteiger partial charge on any atom is 0.122 e. The molecular formula is C12H19NOS. The van der Waals surface area contributed by atoms with E-state index in [1.807, 2.05) is 37.7 Å². The molecule has 0 unspecified atom stereocenters. The third-order valence-electron chi connectivity index (χ3n) is 1.75. The Hall–Kier alpha value is -0.830. The minimum atomic E-state index is 0.191. The van der Waals surface area contributed by atoms with Crippen molar-refractivity contribution in [1.82, 2.24) is 0 Å². The van der Waals surface area contributed by atoms with E-state index in [4.69, 9.17) is 10.5 Å². The van der Waals surface area contributed by atoms with Gasteiger partial charge in [0, 0.05) is 16.6 Å². The van der Waals surface area contributed by atoms with Crippen LogP contribution in [0, 0.1) is 0 Å². The highest BCUT2D eigenvalue weighted by atomic mass is 32.2. The predicted molar refractivity (Wildman–Crippen MR) is 67.6 cm³/mol. The van der Waals surface area contributed by atoms with Crippen LogP contribution in [0.15, 0.2) is 23.1 Å². The maximum absolute atomic E-state index is 5.81. The first-order valence-corrected chi connectivity index (χ1v) is 6.30. The van der Waals surface area contributed by atoms with Crippen LogP contribution in [0.1, 0.15) is 27.2 Å². The summed E-state index contributed by atoms with van der Waals surface area (Å²) < 4.78 is 5.62. The average Bonchev–Trinajstić information content (AvgIpc) is 2.12. The molecule has 0 atom stereocenters. The molecule has 2 nitrogen and oxygen atoms in total. The first-order chi connectivity index (χ1) is 7.11. The molecule has 0 spiro atoms. The summed E-state index contributed by atoms with van der Waals surface area (Å²) in [5.74, 6) is 1.98. The Kier molecular flexibility index (Phi) is 4.82. The Morgan fingerprint density at radius 1 is 1.33 bits per heavy atom. The molecule has 15 heavy (non-hydrogen) atoms. The molecule has 0 amide bonds. The molecule has 3 heteroatoms. The Bertz CT molecular complexity index is 312. The summed E-state index contributed by atoms with van der Waals surface area (Å²) in [4.78, 5) is 1.19. The van der Waals surface area contributed by atoms with E-state index >= 15 is 0 Å². The second-order valence-electron chi connectivity index (χ2n) is 3.75. The molecule has 84 valence electrons. The van der Waals surface area contributed by atoms with Gasteiger partial charge in [0.15, 0.2) is 0 Å². The Morgan fingerprint density at radius 2 is 2.07 bits per heavy atom. The number of ether oxygens (including phenoxy) is 1. The molecule has 0 fully saturated rings. The molecule has 1 aromatic carbocycles. The van der Waals surface area contributed by atoms with Crippen LogP contribution < -0.4 is 10.5 Å². The molecule has 0 aromatic heterocycles. The van der Waals surface area contributed by atoms with Crippen molar-refractivity contribution < 1.29 is 4.74 Å². The largest absolute Gasteiger partial charge is 0.491 e. The number of anilines is 1. The van der Waals surface area contributed by atoms with Crippen molar-refractivity contribution in [2.45, 2.75) is 38.2 Å². The van der Waals surface area contributed by atoms with Crippen LogP contribution in [0.4, 0.5) is 5.69 Å². The van der Waals surface area contributed by atoms with Gasteiger partial charge in [0.2, 0.25) is 0 Å². The highest BCUT2D eigenvalue weighted by Crippen LogP contribution is 2.27. The van der Waals surface area contributed by atoms with Crippen molar-refractivity contribution in [1.29, 1.82) is 0 Å². The molecule has 1 rings (SSSR count). The van der Waals surface area contributed by atoms with Crippen molar-refractivity contribution in [3.63, 3.8) is 0 Å². The van der Waals surface area contributed by atoms with Crippen LogP contribution in [0.2, 0.25) is 0 Å². The van der Waals surface area contributed by atoms with E-state index < -0.39 is 0 Å². The van der Waals surface area contributed by atoms with E-state index in [-0.39, 0.29) is 6.10 Å². The first-order valence-electron chi connectivity index (χ1n) is 5.32. The van der Waals surface area contributed by atoms with Crippen molar-refractivity contribution in [3.05, 3.63) is 18.2 Å². The minimum absolute atomic E-state index is 0.191. The van der Waals surface area contributed by atoms with Gasteiger partial charge in [-0.2, -0.15) is 0 Å². The maximum atomic E-state index is 5.81. The third kappa shape index (κ3) is 4.47. The summed E-state index contributed by atoms with van der Waals surface area (Å²) in [5.41, 5.74) is 6.58. The standard InChI is InChI=1S/C12H19NOS/c1-4-5-15-12-7-10(13)6-11(8-12)14-9(2)3/h6-9H,4-5,13H2,1-3H3. The molecule has 0 aliphatic carbocycles. The molecule has 2 N–H and O–H groups in total. The van der Waals surface area contributed by atoms with Gasteiger partial charge in [-0.3, -0.25) is 0 Å². The highest BCUT2D eigenvalue weighted by Gasteiger charge is 2.02. The lowest BCUT2D eigenvalue weighted by Gasteiger charge is -2.11. The van der Waals surface area contributed by atoms with Crippen LogP contribution in [0.25, 0.3) is 0 Å².